The molecule has 1 amide bonds. The van der Waals surface area contributed by atoms with Crippen molar-refractivity contribution < 1.29 is 4.79 Å². The molecule has 0 radical (unpaired) electrons. The lowest BCUT2D eigenvalue weighted by molar-refractivity contribution is -0.121. The van der Waals surface area contributed by atoms with Gasteiger partial charge in [-0.1, -0.05) is 13.0 Å². The third kappa shape index (κ3) is 4.03. The smallest absolute Gasteiger partial charge is 0.221 e. The highest BCUT2D eigenvalue weighted by Crippen LogP contribution is 2.27. The highest BCUT2D eigenvalue weighted by Gasteiger charge is 2.20. The molecule has 0 saturated carbocycles. The molecule has 104 valence electrons. The van der Waals surface area contributed by atoms with Crippen molar-refractivity contribution in [1.82, 2.24) is 15.6 Å². The molecule has 1 aromatic rings. The number of amides is 1. The lowest BCUT2D eigenvalue weighted by Crippen LogP contribution is -2.31. The van der Waals surface area contributed by atoms with Crippen LogP contribution in [0.2, 0.25) is 0 Å². The number of rotatable bonds is 6. The van der Waals surface area contributed by atoms with Crippen molar-refractivity contribution in [3.63, 3.8) is 0 Å². The number of fused-ring (bicyclic) bond motifs is 1. The van der Waals surface area contributed by atoms with Gasteiger partial charge in [-0.25, -0.2) is 0 Å². The topological polar surface area (TPSA) is 54.0 Å². The number of nitrogens with one attached hydrogen (secondary N) is 2. The van der Waals surface area contributed by atoms with Gasteiger partial charge in [-0.3, -0.25) is 9.78 Å². The summed E-state index contributed by atoms with van der Waals surface area (Å²) in [5.41, 5.74) is 2.52. The Bertz CT molecular complexity index is 420. The first-order valence-corrected chi connectivity index (χ1v) is 7.25. The van der Waals surface area contributed by atoms with E-state index < -0.39 is 0 Å². The number of carbonyl (C=O) groups is 1. The molecule has 4 nitrogen and oxygen atoms in total. The summed E-state index contributed by atoms with van der Waals surface area (Å²) in [6.45, 7) is 3.55. The zero-order valence-electron chi connectivity index (χ0n) is 11.6. The van der Waals surface area contributed by atoms with Gasteiger partial charge in [0, 0.05) is 31.7 Å². The van der Waals surface area contributed by atoms with Crippen molar-refractivity contribution in [3.8, 4) is 0 Å². The zero-order chi connectivity index (χ0) is 13.5. The second-order valence-electron chi connectivity index (χ2n) is 5.05. The van der Waals surface area contributed by atoms with Crippen molar-refractivity contribution in [1.29, 1.82) is 0 Å². The van der Waals surface area contributed by atoms with Gasteiger partial charge < -0.3 is 10.6 Å². The van der Waals surface area contributed by atoms with Crippen molar-refractivity contribution in [2.75, 3.05) is 13.1 Å². The summed E-state index contributed by atoms with van der Waals surface area (Å²) in [4.78, 5) is 16.0. The molecule has 1 aliphatic carbocycles. The number of aromatic nitrogens is 1. The summed E-state index contributed by atoms with van der Waals surface area (Å²) in [6.07, 6.45) is 6.81. The molecule has 1 unspecified atom stereocenters. The number of pyridine rings is 1. The number of carbonyl (C=O) groups excluding carboxylic acids is 1. The number of nitrogens with zero attached hydrogens (tertiary/aromatic N) is 1. The first kappa shape index (κ1) is 14.0. The van der Waals surface area contributed by atoms with Crippen LogP contribution in [0.3, 0.4) is 0 Å². The summed E-state index contributed by atoms with van der Waals surface area (Å²) in [5.74, 6) is 0.131. The van der Waals surface area contributed by atoms with E-state index in [1.165, 1.54) is 17.7 Å². The normalized spacial score (nSPS) is 17.8. The summed E-state index contributed by atoms with van der Waals surface area (Å²) in [5, 5.41) is 6.36. The molecule has 2 rings (SSSR count). The minimum absolute atomic E-state index is 0.131. The Labute approximate surface area is 115 Å². The molecule has 19 heavy (non-hydrogen) atoms. The minimum Gasteiger partial charge on any atom is -0.356 e. The number of aryl methyl sites for hydroxylation is 1. The van der Waals surface area contributed by atoms with E-state index in [4.69, 9.17) is 0 Å². The molecular formula is C15H23N3O. The van der Waals surface area contributed by atoms with Gasteiger partial charge in [-0.15, -0.1) is 0 Å². The first-order chi connectivity index (χ1) is 9.31. The summed E-state index contributed by atoms with van der Waals surface area (Å²) in [7, 11) is 0. The first-order valence-electron chi connectivity index (χ1n) is 7.25. The van der Waals surface area contributed by atoms with Crippen LogP contribution in [0.25, 0.3) is 0 Å². The molecule has 0 aromatic carbocycles. The molecule has 1 heterocycles. The van der Waals surface area contributed by atoms with Crippen LogP contribution in [-0.4, -0.2) is 24.0 Å². The third-order valence-electron chi connectivity index (χ3n) is 3.51. The molecule has 1 aliphatic rings. The van der Waals surface area contributed by atoms with E-state index in [0.717, 1.165) is 32.4 Å². The largest absolute Gasteiger partial charge is 0.356 e. The molecule has 1 atom stereocenters. The maximum Gasteiger partial charge on any atom is 0.221 e. The van der Waals surface area contributed by atoms with Crippen LogP contribution in [0.1, 0.15) is 49.9 Å². The van der Waals surface area contributed by atoms with Crippen LogP contribution >= 0.6 is 0 Å². The van der Waals surface area contributed by atoms with Crippen LogP contribution in [0, 0.1) is 0 Å². The average Bonchev–Trinajstić information content (AvgIpc) is 2.45. The van der Waals surface area contributed by atoms with Crippen LogP contribution < -0.4 is 10.6 Å². The molecule has 1 aromatic heterocycles. The van der Waals surface area contributed by atoms with E-state index >= 15 is 0 Å². The molecule has 0 saturated heterocycles. The Morgan fingerprint density at radius 2 is 2.37 bits per heavy atom. The lowest BCUT2D eigenvalue weighted by atomic mass is 9.92. The maximum atomic E-state index is 11.5. The highest BCUT2D eigenvalue weighted by atomic mass is 16.1. The molecule has 4 heteroatoms. The van der Waals surface area contributed by atoms with E-state index in [-0.39, 0.29) is 5.91 Å². The molecule has 2 N–H and O–H groups in total. The number of hydrogen-bond donors (Lipinski definition) is 2. The fourth-order valence-electron chi connectivity index (χ4n) is 2.52. The van der Waals surface area contributed by atoms with Crippen LogP contribution in [0.4, 0.5) is 0 Å². The molecule has 0 bridgehead atoms. The van der Waals surface area contributed by atoms with Gasteiger partial charge in [-0.2, -0.15) is 0 Å². The van der Waals surface area contributed by atoms with E-state index in [0.29, 0.717) is 12.5 Å². The van der Waals surface area contributed by atoms with Gasteiger partial charge >= 0.3 is 0 Å². The summed E-state index contributed by atoms with van der Waals surface area (Å²) < 4.78 is 0. The van der Waals surface area contributed by atoms with Crippen molar-refractivity contribution >= 4 is 5.91 Å². The predicted octanol–water partition coefficient (Wildman–Crippen LogP) is 1.96. The predicted molar refractivity (Wildman–Crippen MR) is 75.8 cm³/mol. The molecule has 0 fully saturated rings. The fraction of sp³-hybridized carbons (Fsp3) is 0.600. The maximum absolute atomic E-state index is 11.5. The fourth-order valence-corrected chi connectivity index (χ4v) is 2.52. The highest BCUT2D eigenvalue weighted by molar-refractivity contribution is 5.75. The van der Waals surface area contributed by atoms with Crippen molar-refractivity contribution in [2.45, 2.75) is 45.1 Å². The van der Waals surface area contributed by atoms with Crippen molar-refractivity contribution in [2.24, 2.45) is 0 Å². The zero-order valence-corrected chi connectivity index (χ0v) is 11.6. The van der Waals surface area contributed by atoms with E-state index in [1.54, 1.807) is 0 Å². The van der Waals surface area contributed by atoms with E-state index in [1.807, 2.05) is 12.3 Å². The lowest BCUT2D eigenvalue weighted by Gasteiger charge is -2.25. The Kier molecular flexibility index (Phi) is 5.33. The Morgan fingerprint density at radius 3 is 3.21 bits per heavy atom. The van der Waals surface area contributed by atoms with E-state index in [9.17, 15) is 4.79 Å². The summed E-state index contributed by atoms with van der Waals surface area (Å²) >= 11 is 0. The average molecular weight is 261 g/mol. The Hall–Kier alpha value is -1.42. The van der Waals surface area contributed by atoms with Crippen LogP contribution in [-0.2, 0) is 11.2 Å². The number of hydrogen-bond acceptors (Lipinski definition) is 3. The van der Waals surface area contributed by atoms with Crippen LogP contribution in [0.5, 0.6) is 0 Å². The molecular weight excluding hydrogens is 238 g/mol. The Morgan fingerprint density at radius 1 is 1.47 bits per heavy atom. The van der Waals surface area contributed by atoms with Crippen molar-refractivity contribution in [3.05, 3.63) is 29.6 Å². The van der Waals surface area contributed by atoms with Gasteiger partial charge in [0.25, 0.3) is 0 Å². The van der Waals surface area contributed by atoms with Gasteiger partial charge in [0.05, 0.1) is 5.69 Å². The van der Waals surface area contributed by atoms with Gasteiger partial charge in [0.1, 0.15) is 0 Å². The molecule has 0 spiro atoms. The Balaban J connectivity index is 1.80. The standard InChI is InChI=1S/C15H23N3O/c1-2-9-17-14(19)8-11-16-13-7-3-5-12-6-4-10-18-15(12)13/h4,6,10,13,16H,2-3,5,7-9,11H2,1H3,(H,17,19). The van der Waals surface area contributed by atoms with Gasteiger partial charge in [0.15, 0.2) is 0 Å². The third-order valence-corrected chi connectivity index (χ3v) is 3.51. The summed E-state index contributed by atoms with van der Waals surface area (Å²) in [6, 6.07) is 4.47. The SMILES string of the molecule is CCCNC(=O)CCNC1CCCc2cccnc21. The quantitative estimate of drug-likeness (QED) is 0.823. The second-order valence-corrected chi connectivity index (χ2v) is 5.05. The van der Waals surface area contributed by atoms with Gasteiger partial charge in [0.2, 0.25) is 5.91 Å². The monoisotopic (exact) mass is 261 g/mol. The second kappa shape index (κ2) is 7.24. The van der Waals surface area contributed by atoms with Gasteiger partial charge in [-0.05, 0) is 37.3 Å². The van der Waals surface area contributed by atoms with E-state index in [2.05, 4.69) is 28.6 Å². The molecule has 0 aliphatic heterocycles. The minimum atomic E-state index is 0.131. The van der Waals surface area contributed by atoms with Crippen LogP contribution in [0.15, 0.2) is 18.3 Å².